The van der Waals surface area contributed by atoms with Crippen LogP contribution in [0.25, 0.3) is 0 Å². The topological polar surface area (TPSA) is 46.2 Å². The van der Waals surface area contributed by atoms with Crippen LogP contribution < -0.4 is 5.73 Å². The molecule has 0 aliphatic heterocycles. The van der Waals surface area contributed by atoms with Crippen molar-refractivity contribution >= 4 is 11.6 Å². The third-order valence-corrected chi connectivity index (χ3v) is 3.96. The second kappa shape index (κ2) is 4.92. The van der Waals surface area contributed by atoms with Gasteiger partial charge in [-0.1, -0.05) is 17.7 Å². The molecule has 3 N–H and O–H groups in total. The van der Waals surface area contributed by atoms with Crippen LogP contribution in [0.5, 0.6) is 0 Å². The predicted octanol–water partition coefficient (Wildman–Crippen LogP) is 2.37. The first-order chi connectivity index (χ1) is 8.11. The van der Waals surface area contributed by atoms with Gasteiger partial charge in [0.2, 0.25) is 0 Å². The fraction of sp³-hybridized carbons (Fsp3) is 0.538. The molecule has 1 aromatic rings. The van der Waals surface area contributed by atoms with E-state index >= 15 is 0 Å². The van der Waals surface area contributed by atoms with Crippen molar-refractivity contribution < 1.29 is 9.50 Å². The normalized spacial score (nSPS) is 19.1. The molecule has 1 aromatic carbocycles. The first-order valence-corrected chi connectivity index (χ1v) is 6.24. The van der Waals surface area contributed by atoms with Gasteiger partial charge in [-0.05, 0) is 42.9 Å². The van der Waals surface area contributed by atoms with Crippen LogP contribution in [0.4, 0.5) is 4.39 Å². The first-order valence-electron chi connectivity index (χ1n) is 5.86. The maximum atomic E-state index is 13.7. The lowest BCUT2D eigenvalue weighted by Crippen LogP contribution is -2.38. The van der Waals surface area contributed by atoms with E-state index in [-0.39, 0.29) is 17.8 Å². The molecule has 0 radical (unpaired) electrons. The van der Waals surface area contributed by atoms with Gasteiger partial charge >= 0.3 is 0 Å². The molecule has 0 amide bonds. The van der Waals surface area contributed by atoms with E-state index in [9.17, 15) is 9.50 Å². The Morgan fingerprint density at radius 1 is 1.47 bits per heavy atom. The summed E-state index contributed by atoms with van der Waals surface area (Å²) in [6.07, 6.45) is 2.63. The van der Waals surface area contributed by atoms with Gasteiger partial charge in [-0.2, -0.15) is 0 Å². The maximum Gasteiger partial charge on any atom is 0.127 e. The standard InChI is InChI=1S/C13H17ClFNO/c14-11-4-1-9(12(15)5-11)6-13(7-16,8-17)10-2-3-10/h1,4-5,10,17H,2-3,6-8,16H2. The van der Waals surface area contributed by atoms with Crippen molar-refractivity contribution in [1.82, 2.24) is 0 Å². The van der Waals surface area contributed by atoms with Crippen molar-refractivity contribution in [3.63, 3.8) is 0 Å². The third-order valence-electron chi connectivity index (χ3n) is 3.72. The highest BCUT2D eigenvalue weighted by Gasteiger charge is 2.44. The van der Waals surface area contributed by atoms with Gasteiger partial charge in [-0.25, -0.2) is 4.39 Å². The number of hydrogen-bond donors (Lipinski definition) is 2. The van der Waals surface area contributed by atoms with Gasteiger partial charge < -0.3 is 10.8 Å². The van der Waals surface area contributed by atoms with Crippen molar-refractivity contribution in [2.75, 3.05) is 13.2 Å². The number of halogens is 2. The van der Waals surface area contributed by atoms with E-state index in [0.29, 0.717) is 29.5 Å². The van der Waals surface area contributed by atoms with Gasteiger partial charge in [-0.15, -0.1) is 0 Å². The van der Waals surface area contributed by atoms with Crippen LogP contribution in [0.15, 0.2) is 18.2 Å². The summed E-state index contributed by atoms with van der Waals surface area (Å²) in [6, 6.07) is 4.66. The molecule has 1 aliphatic carbocycles. The quantitative estimate of drug-likeness (QED) is 0.851. The number of nitrogens with two attached hydrogens (primary N) is 1. The lowest BCUT2D eigenvalue weighted by molar-refractivity contribution is 0.108. The minimum Gasteiger partial charge on any atom is -0.396 e. The molecule has 0 bridgehead atoms. The Kier molecular flexibility index (Phi) is 3.71. The molecule has 1 aliphatic rings. The SMILES string of the molecule is NCC(CO)(Cc1ccc(Cl)cc1F)C1CC1. The number of aliphatic hydroxyl groups excluding tert-OH is 1. The Hall–Kier alpha value is -0.640. The molecule has 17 heavy (non-hydrogen) atoms. The fourth-order valence-electron chi connectivity index (χ4n) is 2.37. The Labute approximate surface area is 106 Å². The lowest BCUT2D eigenvalue weighted by atomic mass is 9.77. The minimum absolute atomic E-state index is 0.0102. The summed E-state index contributed by atoms with van der Waals surface area (Å²) >= 11 is 5.72. The molecule has 1 fully saturated rings. The van der Waals surface area contributed by atoms with Crippen LogP contribution in [0, 0.1) is 17.2 Å². The van der Waals surface area contributed by atoms with E-state index in [1.54, 1.807) is 12.1 Å². The average molecular weight is 258 g/mol. The summed E-state index contributed by atoms with van der Waals surface area (Å²) in [5.74, 6) is 0.108. The van der Waals surface area contributed by atoms with E-state index in [1.165, 1.54) is 6.07 Å². The van der Waals surface area contributed by atoms with E-state index in [2.05, 4.69) is 0 Å². The van der Waals surface area contributed by atoms with Crippen molar-refractivity contribution in [3.8, 4) is 0 Å². The first kappa shape index (κ1) is 12.8. The summed E-state index contributed by atoms with van der Waals surface area (Å²) in [4.78, 5) is 0. The highest BCUT2D eigenvalue weighted by Crippen LogP contribution is 2.47. The van der Waals surface area contributed by atoms with E-state index < -0.39 is 0 Å². The highest BCUT2D eigenvalue weighted by atomic mass is 35.5. The van der Waals surface area contributed by atoms with Crippen LogP contribution in [0.1, 0.15) is 18.4 Å². The van der Waals surface area contributed by atoms with Crippen molar-refractivity contribution in [1.29, 1.82) is 0 Å². The van der Waals surface area contributed by atoms with E-state index in [1.807, 2.05) is 0 Å². The summed E-state index contributed by atoms with van der Waals surface area (Å²) in [7, 11) is 0. The predicted molar refractivity (Wildman–Crippen MR) is 66.4 cm³/mol. The molecular weight excluding hydrogens is 241 g/mol. The molecule has 0 spiro atoms. The molecule has 0 aromatic heterocycles. The molecule has 1 atom stereocenters. The number of hydrogen-bond acceptors (Lipinski definition) is 2. The van der Waals surface area contributed by atoms with Crippen LogP contribution in [0.3, 0.4) is 0 Å². The Morgan fingerprint density at radius 2 is 2.18 bits per heavy atom. The lowest BCUT2D eigenvalue weighted by Gasteiger charge is -2.31. The smallest absolute Gasteiger partial charge is 0.127 e. The third kappa shape index (κ3) is 2.62. The van der Waals surface area contributed by atoms with Gasteiger partial charge in [0.05, 0.1) is 6.61 Å². The zero-order valence-corrected chi connectivity index (χ0v) is 10.4. The largest absolute Gasteiger partial charge is 0.396 e. The van der Waals surface area contributed by atoms with Crippen LogP contribution >= 0.6 is 11.6 Å². The van der Waals surface area contributed by atoms with Crippen LogP contribution in [0.2, 0.25) is 5.02 Å². The van der Waals surface area contributed by atoms with Gasteiger partial charge in [0.1, 0.15) is 5.82 Å². The monoisotopic (exact) mass is 257 g/mol. The molecule has 0 heterocycles. The number of aliphatic hydroxyl groups is 1. The summed E-state index contributed by atoms with van der Waals surface area (Å²) in [6.45, 7) is 0.395. The van der Waals surface area contributed by atoms with Crippen LogP contribution in [-0.2, 0) is 6.42 Å². The molecule has 2 rings (SSSR count). The zero-order valence-electron chi connectivity index (χ0n) is 9.63. The molecular formula is C13H17ClFNO. The molecule has 4 heteroatoms. The molecule has 2 nitrogen and oxygen atoms in total. The Bertz CT molecular complexity index is 402. The van der Waals surface area contributed by atoms with Gasteiger partial charge in [-0.3, -0.25) is 0 Å². The molecule has 1 saturated carbocycles. The Balaban J connectivity index is 2.22. The van der Waals surface area contributed by atoms with Crippen molar-refractivity contribution in [2.24, 2.45) is 17.1 Å². The molecule has 94 valence electrons. The highest BCUT2D eigenvalue weighted by molar-refractivity contribution is 6.30. The van der Waals surface area contributed by atoms with Gasteiger partial charge in [0.15, 0.2) is 0 Å². The van der Waals surface area contributed by atoms with Crippen molar-refractivity contribution in [3.05, 3.63) is 34.6 Å². The van der Waals surface area contributed by atoms with Crippen molar-refractivity contribution in [2.45, 2.75) is 19.3 Å². The number of benzene rings is 1. The summed E-state index contributed by atoms with van der Waals surface area (Å²) in [5.41, 5.74) is 6.00. The minimum atomic E-state index is -0.366. The average Bonchev–Trinajstić information content (AvgIpc) is 3.13. The zero-order chi connectivity index (χ0) is 12.5. The van der Waals surface area contributed by atoms with Gasteiger partial charge in [0.25, 0.3) is 0 Å². The van der Waals surface area contributed by atoms with E-state index in [0.717, 1.165) is 12.8 Å². The van der Waals surface area contributed by atoms with Gasteiger partial charge in [0, 0.05) is 17.0 Å². The van der Waals surface area contributed by atoms with Crippen LogP contribution in [-0.4, -0.2) is 18.3 Å². The Morgan fingerprint density at radius 3 is 2.65 bits per heavy atom. The molecule has 0 saturated heterocycles. The summed E-state index contributed by atoms with van der Waals surface area (Å²) < 4.78 is 13.7. The molecule has 1 unspecified atom stereocenters. The second-order valence-electron chi connectivity index (χ2n) is 4.91. The maximum absolute atomic E-state index is 13.7. The summed E-state index contributed by atoms with van der Waals surface area (Å²) in [5, 5.41) is 9.95. The van der Waals surface area contributed by atoms with E-state index in [4.69, 9.17) is 17.3 Å². The number of rotatable bonds is 5. The fourth-order valence-corrected chi connectivity index (χ4v) is 2.53. The second-order valence-corrected chi connectivity index (χ2v) is 5.35.